The summed E-state index contributed by atoms with van der Waals surface area (Å²) < 4.78 is 0. The lowest BCUT2D eigenvalue weighted by atomic mass is 10.2. The molecule has 0 nitrogen and oxygen atoms in total. The van der Waals surface area contributed by atoms with Gasteiger partial charge in [-0.2, -0.15) is 0 Å². The van der Waals surface area contributed by atoms with Gasteiger partial charge < -0.3 is 0 Å². The molecule has 0 aromatic heterocycles. The lowest BCUT2D eigenvalue weighted by molar-refractivity contribution is 1.29. The number of rotatable bonds is 4. The molecule has 0 aliphatic heterocycles. The predicted molar refractivity (Wildman–Crippen MR) is 101 cm³/mol. The van der Waals surface area contributed by atoms with Gasteiger partial charge in [-0.3, -0.25) is 0 Å². The molecule has 0 fully saturated rings. The average Bonchev–Trinajstić information content (AvgIpc) is 2.59. The Morgan fingerprint density at radius 1 is 0.609 bits per heavy atom. The molecule has 0 bridgehead atoms. The second-order valence-electron chi connectivity index (χ2n) is 5.71. The maximum absolute atomic E-state index is 3.84. The normalized spacial score (nSPS) is 10.7. The van der Waals surface area contributed by atoms with Gasteiger partial charge in [-0.15, -0.1) is 0 Å². The van der Waals surface area contributed by atoms with Crippen LogP contribution in [0.1, 0.15) is 16.7 Å². The molecule has 0 heterocycles. The van der Waals surface area contributed by atoms with Gasteiger partial charge in [0.25, 0.3) is 0 Å². The van der Waals surface area contributed by atoms with Crippen LogP contribution in [0.2, 0.25) is 0 Å². The van der Waals surface area contributed by atoms with Crippen molar-refractivity contribution in [1.29, 1.82) is 0 Å². The van der Waals surface area contributed by atoms with Crippen molar-refractivity contribution in [3.63, 3.8) is 0 Å². The Bertz CT molecular complexity index is 735. The van der Waals surface area contributed by atoms with E-state index in [4.69, 9.17) is 0 Å². The summed E-state index contributed by atoms with van der Waals surface area (Å²) in [7, 11) is -0.0757. The molecule has 0 spiro atoms. The topological polar surface area (TPSA) is 0 Å². The van der Waals surface area contributed by atoms with E-state index in [1.807, 2.05) is 6.08 Å². The summed E-state index contributed by atoms with van der Waals surface area (Å²) in [5.41, 5.74) is 3.75. The highest BCUT2D eigenvalue weighted by atomic mass is 32.2. The van der Waals surface area contributed by atoms with E-state index in [-0.39, 0.29) is 10.9 Å². The van der Waals surface area contributed by atoms with Gasteiger partial charge in [-0.1, -0.05) is 48.0 Å². The summed E-state index contributed by atoms with van der Waals surface area (Å²) in [5.74, 6) is 0. The van der Waals surface area contributed by atoms with E-state index in [0.717, 1.165) is 5.56 Å². The van der Waals surface area contributed by atoms with Crippen molar-refractivity contribution in [3.05, 3.63) is 96.1 Å². The predicted octanol–water partition coefficient (Wildman–Crippen LogP) is 6.04. The number of hydrogen-bond acceptors (Lipinski definition) is 0. The second kappa shape index (κ2) is 6.89. The fraction of sp³-hybridized carbons (Fsp3) is 0.0909. The molecule has 0 atom stereocenters. The molecule has 0 N–H and O–H groups in total. The SMILES string of the molecule is C=Cc1ccc([S+](c2ccc(C)cc2)c2ccc(C)cc2)cc1. The van der Waals surface area contributed by atoms with Crippen molar-refractivity contribution < 1.29 is 0 Å². The number of hydrogen-bond donors (Lipinski definition) is 0. The van der Waals surface area contributed by atoms with E-state index in [1.54, 1.807) is 0 Å². The van der Waals surface area contributed by atoms with Crippen LogP contribution in [0.15, 0.2) is 94.1 Å². The Balaban J connectivity index is 2.10. The fourth-order valence-electron chi connectivity index (χ4n) is 2.50. The molecule has 3 aromatic rings. The van der Waals surface area contributed by atoms with Crippen LogP contribution in [0.25, 0.3) is 6.08 Å². The maximum Gasteiger partial charge on any atom is 0.166 e. The van der Waals surface area contributed by atoms with Crippen molar-refractivity contribution in [2.24, 2.45) is 0 Å². The summed E-state index contributed by atoms with van der Waals surface area (Å²) in [6.45, 7) is 8.11. The van der Waals surface area contributed by atoms with Crippen LogP contribution in [-0.4, -0.2) is 0 Å². The summed E-state index contributed by atoms with van der Waals surface area (Å²) in [6, 6.07) is 26.5. The average molecular weight is 317 g/mol. The zero-order valence-corrected chi connectivity index (χ0v) is 14.4. The lowest BCUT2D eigenvalue weighted by Gasteiger charge is -2.09. The molecule has 0 aliphatic carbocycles. The lowest BCUT2D eigenvalue weighted by Crippen LogP contribution is -2.04. The van der Waals surface area contributed by atoms with Gasteiger partial charge in [-0.25, -0.2) is 0 Å². The molecular formula is C22H21S+. The third kappa shape index (κ3) is 3.57. The molecule has 3 aromatic carbocycles. The first-order valence-corrected chi connectivity index (χ1v) is 9.00. The number of aryl methyl sites for hydroxylation is 2. The monoisotopic (exact) mass is 317 g/mol. The molecule has 0 unspecified atom stereocenters. The van der Waals surface area contributed by atoms with E-state index < -0.39 is 0 Å². The summed E-state index contributed by atoms with van der Waals surface area (Å²) >= 11 is 0. The van der Waals surface area contributed by atoms with Crippen molar-refractivity contribution >= 4 is 17.0 Å². The Labute approximate surface area is 141 Å². The van der Waals surface area contributed by atoms with Gasteiger partial charge >= 0.3 is 0 Å². The Morgan fingerprint density at radius 3 is 1.30 bits per heavy atom. The summed E-state index contributed by atoms with van der Waals surface area (Å²) in [6.07, 6.45) is 1.89. The highest BCUT2D eigenvalue weighted by Crippen LogP contribution is 2.31. The molecule has 0 saturated heterocycles. The first-order valence-electron chi connectivity index (χ1n) is 7.77. The van der Waals surface area contributed by atoms with E-state index in [1.165, 1.54) is 25.8 Å². The van der Waals surface area contributed by atoms with Crippen molar-refractivity contribution in [2.75, 3.05) is 0 Å². The molecule has 0 saturated carbocycles. The van der Waals surface area contributed by atoms with Crippen LogP contribution in [0.3, 0.4) is 0 Å². The van der Waals surface area contributed by atoms with Gasteiger partial charge in [0.1, 0.15) is 0 Å². The van der Waals surface area contributed by atoms with E-state index in [0.29, 0.717) is 0 Å². The van der Waals surface area contributed by atoms with E-state index >= 15 is 0 Å². The summed E-state index contributed by atoms with van der Waals surface area (Å²) in [4.78, 5) is 4.04. The summed E-state index contributed by atoms with van der Waals surface area (Å²) in [5, 5.41) is 0. The van der Waals surface area contributed by atoms with Crippen LogP contribution >= 0.6 is 0 Å². The van der Waals surface area contributed by atoms with Crippen molar-refractivity contribution in [3.8, 4) is 0 Å². The van der Waals surface area contributed by atoms with Crippen LogP contribution in [0, 0.1) is 13.8 Å². The van der Waals surface area contributed by atoms with Crippen LogP contribution in [0.4, 0.5) is 0 Å². The zero-order chi connectivity index (χ0) is 16.2. The van der Waals surface area contributed by atoms with Crippen LogP contribution in [-0.2, 0) is 10.9 Å². The van der Waals surface area contributed by atoms with Gasteiger partial charge in [0.05, 0.1) is 10.9 Å². The molecule has 0 aliphatic rings. The third-order valence-electron chi connectivity index (χ3n) is 3.86. The zero-order valence-electron chi connectivity index (χ0n) is 13.6. The minimum Gasteiger partial charge on any atom is -0.0985 e. The van der Waals surface area contributed by atoms with Crippen LogP contribution < -0.4 is 0 Å². The van der Waals surface area contributed by atoms with Gasteiger partial charge in [0, 0.05) is 0 Å². The highest BCUT2D eigenvalue weighted by molar-refractivity contribution is 7.97. The molecule has 0 radical (unpaired) electrons. The van der Waals surface area contributed by atoms with Gasteiger partial charge in [0.15, 0.2) is 14.7 Å². The second-order valence-corrected chi connectivity index (χ2v) is 7.73. The smallest absolute Gasteiger partial charge is 0.0985 e. The first-order chi connectivity index (χ1) is 11.2. The van der Waals surface area contributed by atoms with Crippen LogP contribution in [0.5, 0.6) is 0 Å². The van der Waals surface area contributed by atoms with E-state index in [9.17, 15) is 0 Å². The number of benzene rings is 3. The molecule has 1 heteroatoms. The minimum absolute atomic E-state index is 0.0757. The van der Waals surface area contributed by atoms with E-state index in [2.05, 4.69) is 93.2 Å². The van der Waals surface area contributed by atoms with Crippen molar-refractivity contribution in [1.82, 2.24) is 0 Å². The Kier molecular flexibility index (Phi) is 4.68. The molecule has 23 heavy (non-hydrogen) atoms. The Hall–Kier alpha value is -2.25. The van der Waals surface area contributed by atoms with Crippen molar-refractivity contribution in [2.45, 2.75) is 28.5 Å². The standard InChI is InChI=1S/C22H21S/c1-4-19-9-15-22(16-10-19)23(20-11-5-17(2)6-12-20)21-13-7-18(3)8-14-21/h4-16H,1H2,2-3H3/q+1. The quantitative estimate of drug-likeness (QED) is 0.514. The highest BCUT2D eigenvalue weighted by Gasteiger charge is 2.28. The Morgan fingerprint density at radius 2 is 0.957 bits per heavy atom. The van der Waals surface area contributed by atoms with Gasteiger partial charge in [0.2, 0.25) is 0 Å². The third-order valence-corrected chi connectivity index (χ3v) is 6.10. The molecular weight excluding hydrogens is 296 g/mol. The fourth-order valence-corrected chi connectivity index (χ4v) is 4.54. The maximum atomic E-state index is 3.84. The minimum atomic E-state index is -0.0757. The molecule has 3 rings (SSSR count). The largest absolute Gasteiger partial charge is 0.166 e. The molecule has 0 amide bonds. The van der Waals surface area contributed by atoms with Gasteiger partial charge in [-0.05, 0) is 67.9 Å². The first kappa shape index (κ1) is 15.6. The molecule has 114 valence electrons.